The topological polar surface area (TPSA) is 32.3 Å². The van der Waals surface area contributed by atoms with Gasteiger partial charge >= 0.3 is 0 Å². The van der Waals surface area contributed by atoms with Gasteiger partial charge in [-0.2, -0.15) is 0 Å². The van der Waals surface area contributed by atoms with E-state index in [4.69, 9.17) is 5.11 Å². The Bertz CT molecular complexity index is 96.2. The monoisotopic (exact) mass is 159 g/mol. The van der Waals surface area contributed by atoms with Gasteiger partial charge in [-0.25, -0.2) is 0 Å². The maximum atomic E-state index is 8.98. The third-order valence-corrected chi connectivity index (χ3v) is 1.65. The fraction of sp³-hybridized carbons (Fsp3) is 1.00. The number of aliphatic hydroxyl groups excluding tert-OH is 1. The average Bonchev–Trinajstić information content (AvgIpc) is 1.84. The maximum absolute atomic E-state index is 8.98. The first-order valence-corrected chi connectivity index (χ1v) is 4.25. The van der Waals surface area contributed by atoms with Gasteiger partial charge in [0.25, 0.3) is 0 Å². The fourth-order valence-corrected chi connectivity index (χ4v) is 1.36. The smallest absolute Gasteiger partial charge is 0.0471 e. The van der Waals surface area contributed by atoms with Gasteiger partial charge in [0.1, 0.15) is 0 Å². The van der Waals surface area contributed by atoms with Crippen LogP contribution >= 0.6 is 0 Å². The van der Waals surface area contributed by atoms with Crippen molar-refractivity contribution < 1.29 is 5.11 Å². The van der Waals surface area contributed by atoms with Crippen LogP contribution in [0.25, 0.3) is 0 Å². The Balaban J connectivity index is 3.68. The summed E-state index contributed by atoms with van der Waals surface area (Å²) in [4.78, 5) is 0. The second kappa shape index (κ2) is 4.73. The van der Waals surface area contributed by atoms with Gasteiger partial charge in [-0.1, -0.05) is 20.8 Å². The Morgan fingerprint density at radius 1 is 1.36 bits per heavy atom. The molecule has 0 saturated carbocycles. The fourth-order valence-electron chi connectivity index (χ4n) is 1.36. The minimum Gasteiger partial charge on any atom is -0.396 e. The Hall–Kier alpha value is -0.0800. The Labute approximate surface area is 70.0 Å². The molecule has 0 heterocycles. The second-order valence-electron chi connectivity index (χ2n) is 4.37. The third-order valence-electron chi connectivity index (χ3n) is 1.65. The zero-order chi connectivity index (χ0) is 8.91. The van der Waals surface area contributed by atoms with Crippen molar-refractivity contribution in [2.75, 3.05) is 20.2 Å². The van der Waals surface area contributed by atoms with Gasteiger partial charge in [0.15, 0.2) is 0 Å². The molecule has 0 aliphatic rings. The molecule has 0 aromatic heterocycles. The van der Waals surface area contributed by atoms with Crippen molar-refractivity contribution in [3.8, 4) is 0 Å². The molecule has 0 aromatic rings. The van der Waals surface area contributed by atoms with Crippen molar-refractivity contribution in [1.29, 1.82) is 0 Å². The molecule has 68 valence electrons. The number of nitrogens with one attached hydrogen (secondary N) is 1. The molecule has 2 N–H and O–H groups in total. The van der Waals surface area contributed by atoms with Crippen molar-refractivity contribution in [2.45, 2.75) is 27.2 Å². The van der Waals surface area contributed by atoms with E-state index in [1.807, 2.05) is 7.05 Å². The van der Waals surface area contributed by atoms with E-state index in [2.05, 4.69) is 26.1 Å². The Morgan fingerprint density at radius 3 is 2.18 bits per heavy atom. The van der Waals surface area contributed by atoms with Crippen molar-refractivity contribution in [1.82, 2.24) is 5.32 Å². The highest BCUT2D eigenvalue weighted by atomic mass is 16.3. The van der Waals surface area contributed by atoms with E-state index in [-0.39, 0.29) is 6.61 Å². The van der Waals surface area contributed by atoms with Gasteiger partial charge in [0, 0.05) is 6.61 Å². The van der Waals surface area contributed by atoms with Crippen LogP contribution in [0.4, 0.5) is 0 Å². The number of aliphatic hydroxyl groups is 1. The molecule has 11 heavy (non-hydrogen) atoms. The molecule has 0 saturated heterocycles. The van der Waals surface area contributed by atoms with Crippen LogP contribution in [0.3, 0.4) is 0 Å². The first-order valence-electron chi connectivity index (χ1n) is 4.25. The standard InChI is InChI=1S/C9H21NO/c1-9(2,3)5-8(7-11)6-10-4/h8,10-11H,5-7H2,1-4H3. The van der Waals surface area contributed by atoms with Gasteiger partial charge in [-0.3, -0.25) is 0 Å². The van der Waals surface area contributed by atoms with Crippen LogP contribution in [0.1, 0.15) is 27.2 Å². The molecule has 0 fully saturated rings. The average molecular weight is 159 g/mol. The van der Waals surface area contributed by atoms with E-state index >= 15 is 0 Å². The zero-order valence-corrected chi connectivity index (χ0v) is 8.15. The molecule has 0 radical (unpaired) electrons. The summed E-state index contributed by atoms with van der Waals surface area (Å²) < 4.78 is 0. The molecular formula is C9H21NO. The van der Waals surface area contributed by atoms with E-state index < -0.39 is 0 Å². The lowest BCUT2D eigenvalue weighted by molar-refractivity contribution is 0.178. The molecule has 0 rings (SSSR count). The van der Waals surface area contributed by atoms with E-state index in [0.29, 0.717) is 11.3 Å². The summed E-state index contributed by atoms with van der Waals surface area (Å²) in [5.74, 6) is 0.403. The summed E-state index contributed by atoms with van der Waals surface area (Å²) in [5, 5.41) is 12.1. The number of hydrogen-bond donors (Lipinski definition) is 2. The van der Waals surface area contributed by atoms with Crippen LogP contribution in [-0.2, 0) is 0 Å². The van der Waals surface area contributed by atoms with Crippen molar-refractivity contribution in [2.24, 2.45) is 11.3 Å². The first-order chi connectivity index (χ1) is 4.99. The van der Waals surface area contributed by atoms with Gasteiger partial charge in [-0.15, -0.1) is 0 Å². The molecule has 0 aromatic carbocycles. The summed E-state index contributed by atoms with van der Waals surface area (Å²) in [6.45, 7) is 7.80. The summed E-state index contributed by atoms with van der Waals surface area (Å²) >= 11 is 0. The van der Waals surface area contributed by atoms with Crippen molar-refractivity contribution in [3.05, 3.63) is 0 Å². The highest BCUT2D eigenvalue weighted by Gasteiger charge is 2.16. The maximum Gasteiger partial charge on any atom is 0.0471 e. The van der Waals surface area contributed by atoms with Crippen LogP contribution < -0.4 is 5.32 Å². The number of rotatable bonds is 4. The van der Waals surface area contributed by atoms with Gasteiger partial charge in [0.2, 0.25) is 0 Å². The minimum atomic E-state index is 0.290. The SMILES string of the molecule is CNCC(CO)CC(C)(C)C. The summed E-state index contributed by atoms with van der Waals surface area (Å²) in [6.07, 6.45) is 1.07. The van der Waals surface area contributed by atoms with Gasteiger partial charge in [-0.05, 0) is 31.3 Å². The van der Waals surface area contributed by atoms with Crippen molar-refractivity contribution >= 4 is 0 Å². The van der Waals surface area contributed by atoms with Crippen LogP contribution in [0, 0.1) is 11.3 Å². The molecule has 0 amide bonds. The zero-order valence-electron chi connectivity index (χ0n) is 8.15. The second-order valence-corrected chi connectivity index (χ2v) is 4.37. The lowest BCUT2D eigenvalue weighted by Gasteiger charge is -2.24. The lowest BCUT2D eigenvalue weighted by atomic mass is 9.85. The van der Waals surface area contributed by atoms with Gasteiger partial charge < -0.3 is 10.4 Å². The molecule has 2 heteroatoms. The highest BCUT2D eigenvalue weighted by molar-refractivity contribution is 4.69. The Kier molecular flexibility index (Phi) is 4.69. The van der Waals surface area contributed by atoms with Crippen LogP contribution in [0.5, 0.6) is 0 Å². The van der Waals surface area contributed by atoms with E-state index in [9.17, 15) is 0 Å². The van der Waals surface area contributed by atoms with Crippen molar-refractivity contribution in [3.63, 3.8) is 0 Å². The molecule has 0 aliphatic heterocycles. The van der Waals surface area contributed by atoms with E-state index in [0.717, 1.165) is 13.0 Å². The quantitative estimate of drug-likeness (QED) is 0.647. The molecule has 0 aliphatic carbocycles. The molecule has 1 unspecified atom stereocenters. The summed E-state index contributed by atoms with van der Waals surface area (Å²) in [5.41, 5.74) is 0.324. The predicted octanol–water partition coefficient (Wildman–Crippen LogP) is 1.25. The molecule has 2 nitrogen and oxygen atoms in total. The third kappa shape index (κ3) is 6.32. The highest BCUT2D eigenvalue weighted by Crippen LogP contribution is 2.23. The van der Waals surface area contributed by atoms with E-state index in [1.54, 1.807) is 0 Å². The molecule has 1 atom stereocenters. The van der Waals surface area contributed by atoms with Crippen LogP contribution in [0.2, 0.25) is 0 Å². The van der Waals surface area contributed by atoms with Gasteiger partial charge in [0.05, 0.1) is 0 Å². The summed E-state index contributed by atoms with van der Waals surface area (Å²) in [6, 6.07) is 0. The molecular weight excluding hydrogens is 138 g/mol. The minimum absolute atomic E-state index is 0.290. The largest absolute Gasteiger partial charge is 0.396 e. The lowest BCUT2D eigenvalue weighted by Crippen LogP contribution is -2.26. The first kappa shape index (κ1) is 10.9. The summed E-state index contributed by atoms with van der Waals surface area (Å²) in [7, 11) is 1.92. The van der Waals surface area contributed by atoms with Crippen LogP contribution in [0.15, 0.2) is 0 Å². The normalized spacial score (nSPS) is 15.0. The predicted molar refractivity (Wildman–Crippen MR) is 48.6 cm³/mol. The Morgan fingerprint density at radius 2 is 1.91 bits per heavy atom. The van der Waals surface area contributed by atoms with E-state index in [1.165, 1.54) is 0 Å². The number of hydrogen-bond acceptors (Lipinski definition) is 2. The van der Waals surface area contributed by atoms with Crippen LogP contribution in [-0.4, -0.2) is 25.3 Å². The molecule has 0 bridgehead atoms. The molecule has 0 spiro atoms.